The van der Waals surface area contributed by atoms with Crippen molar-refractivity contribution in [3.8, 4) is 0 Å². The van der Waals surface area contributed by atoms with E-state index in [1.165, 1.54) is 11.3 Å². The number of anilines is 1. The number of hydrogen-bond donors (Lipinski definition) is 1. The number of nitrogens with zero attached hydrogens (tertiary/aromatic N) is 2. The number of hydrogen-bond acceptors (Lipinski definition) is 6. The Kier molecular flexibility index (Phi) is 3.08. The molecule has 0 aliphatic rings. The maximum Gasteiger partial charge on any atom is 0.288 e. The summed E-state index contributed by atoms with van der Waals surface area (Å²) in [6.45, 7) is 1.92. The smallest absolute Gasteiger partial charge is 0.288 e. The van der Waals surface area contributed by atoms with Crippen LogP contribution in [0.2, 0.25) is 0 Å². The van der Waals surface area contributed by atoms with Gasteiger partial charge in [0.1, 0.15) is 16.3 Å². The number of aryl methyl sites for hydroxylation is 1. The minimum Gasteiger partial charge on any atom is -0.430 e. The van der Waals surface area contributed by atoms with E-state index in [2.05, 4.69) is 9.97 Å². The van der Waals surface area contributed by atoms with Gasteiger partial charge < -0.3 is 10.2 Å². The molecule has 0 aliphatic heterocycles. The fraction of sp³-hybridized carbons (Fsp3) is 0.167. The van der Waals surface area contributed by atoms with Gasteiger partial charge in [-0.05, 0) is 19.1 Å². The topological polar surface area (TPSA) is 82.0 Å². The maximum absolute atomic E-state index is 12.2. The van der Waals surface area contributed by atoms with Crippen molar-refractivity contribution in [3.63, 3.8) is 0 Å². The van der Waals surface area contributed by atoms with E-state index < -0.39 is 10.8 Å². The molecule has 0 saturated heterocycles. The summed E-state index contributed by atoms with van der Waals surface area (Å²) in [5.41, 5.74) is 8.26. The number of fused-ring (bicyclic) bond motifs is 1. The Morgan fingerprint density at radius 2 is 2.26 bits per heavy atom. The number of nitrogen functional groups attached to an aromatic ring is 1. The second-order valence-corrected chi connectivity index (χ2v) is 6.45. The van der Waals surface area contributed by atoms with Crippen LogP contribution in [0.5, 0.6) is 0 Å². The molecule has 19 heavy (non-hydrogen) atoms. The molecule has 3 rings (SSSR count). The summed E-state index contributed by atoms with van der Waals surface area (Å²) in [4.78, 5) is 8.49. The average molecular weight is 293 g/mol. The predicted molar refractivity (Wildman–Crippen MR) is 75.4 cm³/mol. The third-order valence-electron chi connectivity index (χ3n) is 2.53. The highest BCUT2D eigenvalue weighted by Crippen LogP contribution is 2.21. The first-order chi connectivity index (χ1) is 9.11. The number of aromatic nitrogens is 2. The van der Waals surface area contributed by atoms with Gasteiger partial charge in [-0.3, -0.25) is 0 Å². The summed E-state index contributed by atoms with van der Waals surface area (Å²) in [5.74, 6) is 0.312. The molecule has 7 heteroatoms. The van der Waals surface area contributed by atoms with Crippen molar-refractivity contribution in [2.45, 2.75) is 17.9 Å². The van der Waals surface area contributed by atoms with Crippen molar-refractivity contribution in [2.24, 2.45) is 0 Å². The van der Waals surface area contributed by atoms with Gasteiger partial charge in [-0.25, -0.2) is 14.2 Å². The van der Waals surface area contributed by atoms with Gasteiger partial charge in [0.25, 0.3) is 5.22 Å². The zero-order valence-electron chi connectivity index (χ0n) is 10.1. The van der Waals surface area contributed by atoms with Crippen molar-refractivity contribution in [1.29, 1.82) is 0 Å². The highest BCUT2D eigenvalue weighted by Gasteiger charge is 2.14. The molecule has 0 fully saturated rings. The van der Waals surface area contributed by atoms with E-state index in [0.29, 0.717) is 22.5 Å². The Bertz CT molecular complexity index is 763. The zero-order valence-corrected chi connectivity index (χ0v) is 11.8. The summed E-state index contributed by atoms with van der Waals surface area (Å²) in [6, 6.07) is 5.17. The van der Waals surface area contributed by atoms with Gasteiger partial charge in [0.2, 0.25) is 0 Å². The number of rotatable bonds is 3. The van der Waals surface area contributed by atoms with E-state index in [-0.39, 0.29) is 5.22 Å². The standard InChI is InChI=1S/C12H11N3O2S2/c1-7-14-9(5-18-7)6-19(16)12-15-10-3-2-8(13)4-11(10)17-12/h2-5H,6,13H2,1H3. The lowest BCUT2D eigenvalue weighted by Crippen LogP contribution is -1.97. The lowest BCUT2D eigenvalue weighted by molar-refractivity contribution is 0.477. The van der Waals surface area contributed by atoms with Crippen LogP contribution in [0.1, 0.15) is 10.7 Å². The molecule has 0 spiro atoms. The second kappa shape index (κ2) is 4.75. The van der Waals surface area contributed by atoms with Crippen LogP contribution in [0, 0.1) is 6.92 Å². The summed E-state index contributed by atoms with van der Waals surface area (Å²) in [6.07, 6.45) is 0. The molecule has 1 atom stereocenters. The maximum atomic E-state index is 12.2. The van der Waals surface area contributed by atoms with Crippen molar-refractivity contribution < 1.29 is 8.63 Å². The van der Waals surface area contributed by atoms with E-state index in [9.17, 15) is 4.21 Å². The van der Waals surface area contributed by atoms with E-state index >= 15 is 0 Å². The van der Waals surface area contributed by atoms with Crippen LogP contribution in [0.15, 0.2) is 33.2 Å². The van der Waals surface area contributed by atoms with Gasteiger partial charge in [-0.1, -0.05) is 0 Å². The van der Waals surface area contributed by atoms with Crippen LogP contribution in [0.4, 0.5) is 5.69 Å². The molecule has 2 heterocycles. The molecule has 2 aromatic heterocycles. The molecule has 5 nitrogen and oxygen atoms in total. The van der Waals surface area contributed by atoms with Crippen molar-refractivity contribution in [3.05, 3.63) is 34.3 Å². The highest BCUT2D eigenvalue weighted by molar-refractivity contribution is 7.84. The Balaban J connectivity index is 1.89. The van der Waals surface area contributed by atoms with E-state index in [1.807, 2.05) is 12.3 Å². The van der Waals surface area contributed by atoms with Gasteiger partial charge >= 0.3 is 0 Å². The van der Waals surface area contributed by atoms with Crippen molar-refractivity contribution in [1.82, 2.24) is 9.97 Å². The van der Waals surface area contributed by atoms with Gasteiger partial charge in [0.15, 0.2) is 5.58 Å². The number of thiazole rings is 1. The molecule has 0 amide bonds. The van der Waals surface area contributed by atoms with Crippen LogP contribution in [0.3, 0.4) is 0 Å². The molecule has 1 aromatic carbocycles. The quantitative estimate of drug-likeness (QED) is 0.750. The Hall–Kier alpha value is -1.73. The van der Waals surface area contributed by atoms with Crippen molar-refractivity contribution >= 4 is 38.9 Å². The average Bonchev–Trinajstić information content (AvgIpc) is 2.95. The SMILES string of the molecule is Cc1nc(CS(=O)c2nc3ccc(N)cc3o2)cs1. The Morgan fingerprint density at radius 1 is 1.42 bits per heavy atom. The third-order valence-corrected chi connectivity index (χ3v) is 4.48. The minimum atomic E-state index is -1.33. The largest absolute Gasteiger partial charge is 0.430 e. The molecule has 0 radical (unpaired) electrons. The van der Waals surface area contributed by atoms with E-state index in [0.717, 1.165) is 10.7 Å². The first-order valence-electron chi connectivity index (χ1n) is 5.57. The third kappa shape index (κ3) is 2.52. The number of oxazole rings is 1. The van der Waals surface area contributed by atoms with E-state index in [4.69, 9.17) is 10.2 Å². The molecule has 0 aliphatic carbocycles. The van der Waals surface area contributed by atoms with Gasteiger partial charge in [-0.15, -0.1) is 11.3 Å². The lowest BCUT2D eigenvalue weighted by Gasteiger charge is -1.93. The van der Waals surface area contributed by atoms with Gasteiger partial charge in [0, 0.05) is 17.1 Å². The molecule has 3 aromatic rings. The highest BCUT2D eigenvalue weighted by atomic mass is 32.2. The number of benzene rings is 1. The normalized spacial score (nSPS) is 12.9. The first-order valence-corrected chi connectivity index (χ1v) is 7.77. The van der Waals surface area contributed by atoms with Crippen LogP contribution in [-0.4, -0.2) is 14.2 Å². The second-order valence-electron chi connectivity index (χ2n) is 4.05. The fourth-order valence-electron chi connectivity index (χ4n) is 1.69. The monoisotopic (exact) mass is 293 g/mol. The molecule has 0 bridgehead atoms. The molecule has 2 N–H and O–H groups in total. The van der Waals surface area contributed by atoms with E-state index in [1.54, 1.807) is 18.2 Å². The predicted octanol–water partition coefficient (Wildman–Crippen LogP) is 2.48. The lowest BCUT2D eigenvalue weighted by atomic mass is 10.3. The molecule has 1 unspecified atom stereocenters. The van der Waals surface area contributed by atoms with Gasteiger partial charge in [0.05, 0.1) is 16.5 Å². The molecular weight excluding hydrogens is 282 g/mol. The summed E-state index contributed by atoms with van der Waals surface area (Å²) >= 11 is 1.54. The summed E-state index contributed by atoms with van der Waals surface area (Å²) in [5, 5.41) is 3.07. The molecule has 0 saturated carbocycles. The van der Waals surface area contributed by atoms with Gasteiger partial charge in [-0.2, -0.15) is 0 Å². The summed E-state index contributed by atoms with van der Waals surface area (Å²) in [7, 11) is -1.33. The minimum absolute atomic E-state index is 0.214. The number of nitrogens with two attached hydrogens (primary N) is 1. The van der Waals surface area contributed by atoms with Crippen LogP contribution in [-0.2, 0) is 16.6 Å². The fourth-order valence-corrected chi connectivity index (χ4v) is 3.33. The summed E-state index contributed by atoms with van der Waals surface area (Å²) < 4.78 is 17.6. The molecular formula is C12H11N3O2S2. The molecule has 98 valence electrons. The van der Waals surface area contributed by atoms with Crippen LogP contribution in [0.25, 0.3) is 11.1 Å². The van der Waals surface area contributed by atoms with Crippen molar-refractivity contribution in [2.75, 3.05) is 5.73 Å². The Morgan fingerprint density at radius 3 is 3.00 bits per heavy atom. The van der Waals surface area contributed by atoms with Crippen LogP contribution >= 0.6 is 11.3 Å². The Labute approximate surface area is 115 Å². The zero-order chi connectivity index (χ0) is 13.4. The first kappa shape index (κ1) is 12.3. The van der Waals surface area contributed by atoms with Crippen LogP contribution < -0.4 is 5.73 Å².